The van der Waals surface area contributed by atoms with Crippen LogP contribution in [0.15, 0.2) is 24.5 Å². The summed E-state index contributed by atoms with van der Waals surface area (Å²) in [6.45, 7) is 1.77. The first-order valence-electron chi connectivity index (χ1n) is 6.58. The topological polar surface area (TPSA) is 73.7 Å². The molecule has 0 amide bonds. The fourth-order valence-electron chi connectivity index (χ4n) is 2.40. The zero-order valence-corrected chi connectivity index (χ0v) is 12.6. The van der Waals surface area contributed by atoms with Crippen molar-refractivity contribution in [2.24, 2.45) is 5.92 Å². The summed E-state index contributed by atoms with van der Waals surface area (Å²) in [5, 5.41) is 10.0. The van der Waals surface area contributed by atoms with Gasteiger partial charge in [-0.1, -0.05) is 6.07 Å². The van der Waals surface area contributed by atoms with Crippen LogP contribution in [-0.2, 0) is 16.6 Å². The molecule has 0 saturated carbocycles. The van der Waals surface area contributed by atoms with Crippen LogP contribution in [0.1, 0.15) is 5.56 Å². The minimum absolute atomic E-state index is 0.00922. The number of aliphatic hydroxyl groups excluding tert-OH is 1. The summed E-state index contributed by atoms with van der Waals surface area (Å²) in [5.74, 6) is -0.246. The van der Waals surface area contributed by atoms with Gasteiger partial charge >= 0.3 is 0 Å². The Kier molecular flexibility index (Phi) is 4.74. The van der Waals surface area contributed by atoms with Crippen LogP contribution < -0.4 is 0 Å². The lowest BCUT2D eigenvalue weighted by molar-refractivity contribution is 0.148. The molecular weight excluding hydrogens is 278 g/mol. The number of nitrogens with zero attached hydrogens (tertiary/aromatic N) is 3. The van der Waals surface area contributed by atoms with E-state index >= 15 is 0 Å². The van der Waals surface area contributed by atoms with Gasteiger partial charge in [-0.25, -0.2) is 12.7 Å². The average Bonchev–Trinajstić information content (AvgIpc) is 2.70. The van der Waals surface area contributed by atoms with Crippen LogP contribution in [0.3, 0.4) is 0 Å². The molecule has 7 heteroatoms. The van der Waals surface area contributed by atoms with Gasteiger partial charge < -0.3 is 5.11 Å². The highest BCUT2D eigenvalue weighted by Crippen LogP contribution is 2.21. The molecule has 0 aliphatic carbocycles. The molecule has 0 aromatic carbocycles. The van der Waals surface area contributed by atoms with E-state index in [1.165, 1.54) is 18.4 Å². The van der Waals surface area contributed by atoms with Gasteiger partial charge in [0.15, 0.2) is 0 Å². The number of hydrogen-bond acceptors (Lipinski definition) is 5. The Balaban J connectivity index is 1.96. The van der Waals surface area contributed by atoms with E-state index in [1.807, 2.05) is 12.1 Å². The number of aliphatic hydroxyl groups is 1. The Morgan fingerprint density at radius 3 is 2.80 bits per heavy atom. The Morgan fingerprint density at radius 2 is 2.20 bits per heavy atom. The third kappa shape index (κ3) is 3.76. The van der Waals surface area contributed by atoms with Crippen molar-refractivity contribution in [3.63, 3.8) is 0 Å². The highest BCUT2D eigenvalue weighted by molar-refractivity contribution is 7.89. The van der Waals surface area contributed by atoms with Crippen molar-refractivity contribution >= 4 is 10.0 Å². The second-order valence-corrected chi connectivity index (χ2v) is 7.67. The lowest BCUT2D eigenvalue weighted by Crippen LogP contribution is -2.33. The second kappa shape index (κ2) is 6.17. The van der Waals surface area contributed by atoms with Gasteiger partial charge in [0.25, 0.3) is 0 Å². The predicted octanol–water partition coefficient (Wildman–Crippen LogP) is -0.234. The fraction of sp³-hybridized carbons (Fsp3) is 0.615. The molecule has 2 rings (SSSR count). The first-order valence-corrected chi connectivity index (χ1v) is 8.19. The molecule has 112 valence electrons. The lowest BCUT2D eigenvalue weighted by atomic mass is 10.1. The molecule has 1 saturated heterocycles. The van der Waals surface area contributed by atoms with Crippen LogP contribution >= 0.6 is 0 Å². The normalized spacial score (nSPS) is 24.4. The number of likely N-dealkylation sites (tertiary alicyclic amines) is 1. The van der Waals surface area contributed by atoms with E-state index in [0.717, 1.165) is 5.56 Å². The average molecular weight is 299 g/mol. The Bertz CT molecular complexity index is 533. The Hall–Kier alpha value is -1.02. The fourth-order valence-corrected chi connectivity index (χ4v) is 3.57. The van der Waals surface area contributed by atoms with Gasteiger partial charge in [0.1, 0.15) is 0 Å². The summed E-state index contributed by atoms with van der Waals surface area (Å²) in [7, 11) is -0.241. The zero-order chi connectivity index (χ0) is 14.8. The van der Waals surface area contributed by atoms with Gasteiger partial charge in [-0.2, -0.15) is 0 Å². The van der Waals surface area contributed by atoms with E-state index in [2.05, 4.69) is 9.88 Å². The van der Waals surface area contributed by atoms with E-state index < -0.39 is 16.1 Å². The van der Waals surface area contributed by atoms with Gasteiger partial charge in [-0.15, -0.1) is 0 Å². The number of β-amino-alcohol motifs (C(OH)–C–C–N with tert-alkyl or cyclic N) is 1. The summed E-state index contributed by atoms with van der Waals surface area (Å²) in [6.07, 6.45) is 2.91. The number of aromatic nitrogens is 1. The largest absolute Gasteiger partial charge is 0.391 e. The van der Waals surface area contributed by atoms with Crippen LogP contribution in [0.5, 0.6) is 0 Å². The molecular formula is C13H21N3O3S. The second-order valence-electron chi connectivity index (χ2n) is 5.44. The van der Waals surface area contributed by atoms with Crippen LogP contribution in [0.2, 0.25) is 0 Å². The SMILES string of the molecule is CN(C)S(=O)(=O)C[C@@H]1CN(Cc2cccnc2)C[C@H]1O. The van der Waals surface area contributed by atoms with E-state index in [-0.39, 0.29) is 11.7 Å². The third-order valence-electron chi connectivity index (χ3n) is 3.59. The van der Waals surface area contributed by atoms with Crippen molar-refractivity contribution in [3.05, 3.63) is 30.1 Å². The highest BCUT2D eigenvalue weighted by Gasteiger charge is 2.35. The van der Waals surface area contributed by atoms with Crippen LogP contribution in [0.25, 0.3) is 0 Å². The van der Waals surface area contributed by atoms with Gasteiger partial charge in [0.05, 0.1) is 11.9 Å². The molecule has 2 atom stereocenters. The number of rotatable bonds is 5. The molecule has 20 heavy (non-hydrogen) atoms. The van der Waals surface area contributed by atoms with Gasteiger partial charge in [-0.05, 0) is 11.6 Å². The van der Waals surface area contributed by atoms with E-state index in [0.29, 0.717) is 19.6 Å². The Morgan fingerprint density at radius 1 is 1.45 bits per heavy atom. The summed E-state index contributed by atoms with van der Waals surface area (Å²) in [5.41, 5.74) is 1.07. The highest BCUT2D eigenvalue weighted by atomic mass is 32.2. The summed E-state index contributed by atoms with van der Waals surface area (Å²) < 4.78 is 25.0. The maximum atomic E-state index is 11.9. The molecule has 1 aliphatic heterocycles. The third-order valence-corrected chi connectivity index (χ3v) is 5.55. The van der Waals surface area contributed by atoms with Gasteiger partial charge in [0.2, 0.25) is 10.0 Å². The summed E-state index contributed by atoms with van der Waals surface area (Å²) in [4.78, 5) is 6.12. The van der Waals surface area contributed by atoms with Crippen molar-refractivity contribution < 1.29 is 13.5 Å². The maximum absolute atomic E-state index is 11.9. The zero-order valence-electron chi connectivity index (χ0n) is 11.8. The number of pyridine rings is 1. The molecule has 1 aliphatic rings. The summed E-state index contributed by atoms with van der Waals surface area (Å²) in [6, 6.07) is 3.85. The molecule has 0 radical (unpaired) electrons. The van der Waals surface area contributed by atoms with E-state index in [1.54, 1.807) is 12.4 Å². The van der Waals surface area contributed by atoms with Gasteiger partial charge in [0, 0.05) is 52.0 Å². The van der Waals surface area contributed by atoms with Crippen LogP contribution in [0.4, 0.5) is 0 Å². The first-order chi connectivity index (χ1) is 9.38. The number of sulfonamides is 1. The molecule has 0 spiro atoms. The van der Waals surface area contributed by atoms with E-state index in [4.69, 9.17) is 0 Å². The first kappa shape index (κ1) is 15.4. The van der Waals surface area contributed by atoms with Crippen molar-refractivity contribution in [2.45, 2.75) is 12.6 Å². The summed E-state index contributed by atoms with van der Waals surface area (Å²) >= 11 is 0. The lowest BCUT2D eigenvalue weighted by Gasteiger charge is -2.18. The molecule has 0 unspecified atom stereocenters. The molecule has 1 fully saturated rings. The molecule has 2 heterocycles. The minimum Gasteiger partial charge on any atom is -0.391 e. The predicted molar refractivity (Wildman–Crippen MR) is 76.5 cm³/mol. The maximum Gasteiger partial charge on any atom is 0.214 e. The monoisotopic (exact) mass is 299 g/mol. The minimum atomic E-state index is -3.28. The van der Waals surface area contributed by atoms with Crippen molar-refractivity contribution in [1.82, 2.24) is 14.2 Å². The smallest absolute Gasteiger partial charge is 0.214 e. The Labute approximate surface area is 120 Å². The van der Waals surface area contributed by atoms with E-state index in [9.17, 15) is 13.5 Å². The number of hydrogen-bond donors (Lipinski definition) is 1. The molecule has 1 aromatic heterocycles. The molecule has 6 nitrogen and oxygen atoms in total. The van der Waals surface area contributed by atoms with Crippen LogP contribution in [-0.4, -0.2) is 66.8 Å². The quantitative estimate of drug-likeness (QED) is 0.813. The molecule has 1 N–H and O–H groups in total. The van der Waals surface area contributed by atoms with Crippen molar-refractivity contribution in [3.8, 4) is 0 Å². The molecule has 0 bridgehead atoms. The van der Waals surface area contributed by atoms with Gasteiger partial charge in [-0.3, -0.25) is 9.88 Å². The van der Waals surface area contributed by atoms with Crippen LogP contribution in [0, 0.1) is 5.92 Å². The van der Waals surface area contributed by atoms with Crippen molar-refractivity contribution in [2.75, 3.05) is 32.9 Å². The molecule has 1 aromatic rings. The standard InChI is InChI=1S/C13H21N3O3S/c1-15(2)20(18,19)10-12-8-16(9-13(12)17)7-11-4-3-5-14-6-11/h3-6,12-13,17H,7-10H2,1-2H3/t12-,13+/m0/s1. The van der Waals surface area contributed by atoms with Crippen molar-refractivity contribution in [1.29, 1.82) is 0 Å².